The largest absolute Gasteiger partial charge is 0.512 e. The van der Waals surface area contributed by atoms with Crippen LogP contribution >= 0.6 is 0 Å². The Labute approximate surface area is 284 Å². The van der Waals surface area contributed by atoms with Gasteiger partial charge in [-0.25, -0.2) is 0 Å². The molecule has 1 aromatic heterocycles. The molecule has 1 radical (unpaired) electrons. The molecule has 4 heteroatoms. The second kappa shape index (κ2) is 15.0. The summed E-state index contributed by atoms with van der Waals surface area (Å²) < 4.78 is 0. The molecule has 0 aliphatic heterocycles. The summed E-state index contributed by atoms with van der Waals surface area (Å²) >= 11 is 0. The molecule has 1 aliphatic rings. The molecule has 1 heterocycles. The molecule has 0 saturated carbocycles. The van der Waals surface area contributed by atoms with Crippen molar-refractivity contribution < 1.29 is 30.0 Å². The van der Waals surface area contributed by atoms with E-state index >= 15 is 0 Å². The molecule has 0 atom stereocenters. The maximum absolute atomic E-state index is 11.2. The van der Waals surface area contributed by atoms with Crippen molar-refractivity contribution in [2.75, 3.05) is 0 Å². The zero-order chi connectivity index (χ0) is 32.3. The van der Waals surface area contributed by atoms with Crippen molar-refractivity contribution in [3.05, 3.63) is 100 Å². The summed E-state index contributed by atoms with van der Waals surface area (Å²) in [7, 11) is 0. The van der Waals surface area contributed by atoms with Crippen LogP contribution in [-0.2, 0) is 36.7 Å². The van der Waals surface area contributed by atoms with Crippen molar-refractivity contribution in [1.29, 1.82) is 0 Å². The van der Waals surface area contributed by atoms with Crippen LogP contribution in [0.1, 0.15) is 96.0 Å². The number of benzene rings is 3. The number of fused-ring (bicyclic) bond motifs is 4. The molecular weight excluding hydrogens is 731 g/mol. The van der Waals surface area contributed by atoms with Crippen LogP contribution in [0.5, 0.6) is 0 Å². The van der Waals surface area contributed by atoms with E-state index < -0.39 is 0 Å². The van der Waals surface area contributed by atoms with Gasteiger partial charge in [-0.1, -0.05) is 99.6 Å². The van der Waals surface area contributed by atoms with Crippen molar-refractivity contribution >= 4 is 16.7 Å². The Morgan fingerprint density at radius 2 is 1.56 bits per heavy atom. The van der Waals surface area contributed by atoms with Gasteiger partial charge >= 0.3 is 0 Å². The molecule has 3 nitrogen and oxygen atoms in total. The van der Waals surface area contributed by atoms with Gasteiger partial charge in [-0.2, -0.15) is 0 Å². The van der Waals surface area contributed by atoms with Crippen LogP contribution in [0.15, 0.2) is 66.4 Å². The van der Waals surface area contributed by atoms with Gasteiger partial charge in [-0.3, -0.25) is 9.78 Å². The molecule has 0 spiro atoms. The number of nitrogens with zero attached hydrogens (tertiary/aromatic N) is 1. The minimum Gasteiger partial charge on any atom is -0.512 e. The fraction of sp³-hybridized carbons (Fsp3) is 0.415. The predicted octanol–water partition coefficient (Wildman–Crippen LogP) is 10.9. The number of aromatic nitrogens is 1. The molecule has 0 amide bonds. The summed E-state index contributed by atoms with van der Waals surface area (Å²) in [6, 6.07) is 23.7. The molecule has 5 rings (SSSR count). The van der Waals surface area contributed by atoms with E-state index in [0.29, 0.717) is 30.6 Å². The van der Waals surface area contributed by atoms with Crippen LogP contribution in [0.25, 0.3) is 33.3 Å². The summed E-state index contributed by atoms with van der Waals surface area (Å²) in [4.78, 5) is 16.4. The van der Waals surface area contributed by atoms with Gasteiger partial charge in [-0.15, -0.1) is 34.9 Å². The van der Waals surface area contributed by atoms with Crippen molar-refractivity contribution in [2.45, 2.75) is 93.9 Å². The van der Waals surface area contributed by atoms with E-state index in [1.165, 1.54) is 50.4 Å². The van der Waals surface area contributed by atoms with Crippen LogP contribution < -0.4 is 0 Å². The van der Waals surface area contributed by atoms with Crippen LogP contribution in [0.4, 0.5) is 0 Å². The third-order valence-electron chi connectivity index (χ3n) is 8.32. The molecular formula is C41H50IrNO2-. The van der Waals surface area contributed by atoms with Gasteiger partial charge in [-0.05, 0) is 69.8 Å². The molecule has 1 aliphatic carbocycles. The fourth-order valence-corrected chi connectivity index (χ4v) is 6.38. The number of hydrogen-bond acceptors (Lipinski definition) is 3. The molecule has 3 aromatic carbocycles. The zero-order valence-corrected chi connectivity index (χ0v) is 31.2. The maximum Gasteiger partial charge on any atom is 0.159 e. The molecule has 4 aromatic rings. The number of allylic oxidation sites excluding steroid dienone is 2. The van der Waals surface area contributed by atoms with Gasteiger partial charge in [0.25, 0.3) is 0 Å². The standard InChI is InChI=1S/C30H30N.C11H20O2.Ir/c1-18(2)13-21-15-28(22-12-11-19(3)14-20(22)4)31-29-17-27-25(16-24(21)29)23-9-7-8-10-26(23)30(27,5)6;1-8(2)5-10(12)7-11(13)6-9(3)4;/h7-11,14-18H,13H2,1-6H3;7-9,12H,5-6H2,1-4H3;/q-1;;/b;10-7-;. The number of hydrogen-bond donors (Lipinski definition) is 1. The minimum absolute atomic E-state index is 0. The second-order valence-corrected chi connectivity index (χ2v) is 14.4. The van der Waals surface area contributed by atoms with E-state index in [1.54, 1.807) is 0 Å². The first-order valence-electron chi connectivity index (χ1n) is 16.2. The Kier molecular flexibility index (Phi) is 12.1. The molecule has 0 bridgehead atoms. The third kappa shape index (κ3) is 8.60. The minimum atomic E-state index is -0.0120. The van der Waals surface area contributed by atoms with Gasteiger partial charge < -0.3 is 5.11 Å². The van der Waals surface area contributed by atoms with Gasteiger partial charge in [0.05, 0.1) is 11.3 Å². The summed E-state index contributed by atoms with van der Waals surface area (Å²) in [5.41, 5.74) is 12.6. The van der Waals surface area contributed by atoms with Crippen molar-refractivity contribution in [2.24, 2.45) is 17.8 Å². The number of aliphatic hydroxyl groups excluding tert-OH is 1. The summed E-state index contributed by atoms with van der Waals surface area (Å²) in [5, 5.41) is 10.6. The van der Waals surface area contributed by atoms with Crippen molar-refractivity contribution in [3.63, 3.8) is 0 Å². The van der Waals surface area contributed by atoms with Crippen LogP contribution in [0.2, 0.25) is 0 Å². The van der Waals surface area contributed by atoms with E-state index in [1.807, 2.05) is 27.7 Å². The summed E-state index contributed by atoms with van der Waals surface area (Å²) in [6.07, 6.45) is 3.51. The Morgan fingerprint density at radius 1 is 0.889 bits per heavy atom. The van der Waals surface area contributed by atoms with Crippen LogP contribution in [0, 0.1) is 37.7 Å². The average molecular weight is 781 g/mol. The van der Waals surface area contributed by atoms with E-state index in [0.717, 1.165) is 23.2 Å². The normalized spacial score (nSPS) is 13.4. The first kappa shape index (κ1) is 36.4. The van der Waals surface area contributed by atoms with E-state index in [-0.39, 0.29) is 37.1 Å². The molecule has 0 fully saturated rings. The number of ketones is 1. The number of rotatable bonds is 8. The van der Waals surface area contributed by atoms with Gasteiger partial charge in [0.1, 0.15) is 0 Å². The van der Waals surface area contributed by atoms with Crippen LogP contribution in [-0.4, -0.2) is 15.9 Å². The maximum atomic E-state index is 11.2. The zero-order valence-electron chi connectivity index (χ0n) is 28.8. The Morgan fingerprint density at radius 3 is 2.18 bits per heavy atom. The molecule has 0 unspecified atom stereocenters. The van der Waals surface area contributed by atoms with Crippen molar-refractivity contribution in [3.8, 4) is 22.4 Å². The average Bonchev–Trinajstić information content (AvgIpc) is 3.13. The molecule has 1 N–H and O–H groups in total. The number of pyridine rings is 1. The van der Waals surface area contributed by atoms with E-state index in [4.69, 9.17) is 4.98 Å². The fourth-order valence-electron chi connectivity index (χ4n) is 6.38. The van der Waals surface area contributed by atoms with Gasteiger partial charge in [0.15, 0.2) is 5.78 Å². The quantitative estimate of drug-likeness (QED) is 0.110. The Hall–Kier alpha value is -3.07. The number of aryl methyl sites for hydroxylation is 2. The SMILES string of the molecule is CC(C)CC(=O)/C=C(\O)CC(C)C.Cc1c[c-]c(-c2cc(CC(C)C)c3cc4c(cc3n2)C(C)(C)c2ccccc2-4)c(C)c1.[Ir]. The first-order chi connectivity index (χ1) is 20.7. The first-order valence-corrected chi connectivity index (χ1v) is 16.2. The monoisotopic (exact) mass is 781 g/mol. The predicted molar refractivity (Wildman–Crippen MR) is 186 cm³/mol. The number of aliphatic hydroxyl groups is 1. The molecule has 45 heavy (non-hydrogen) atoms. The van der Waals surface area contributed by atoms with Gasteiger partial charge in [0.2, 0.25) is 0 Å². The summed E-state index contributed by atoms with van der Waals surface area (Å²) in [6.45, 7) is 21.5. The number of carbonyl (C=O) groups is 1. The second-order valence-electron chi connectivity index (χ2n) is 14.4. The number of carbonyl (C=O) groups excluding carboxylic acids is 1. The van der Waals surface area contributed by atoms with Gasteiger partial charge in [0, 0.05) is 49.8 Å². The smallest absolute Gasteiger partial charge is 0.159 e. The molecule has 0 saturated heterocycles. The Bertz CT molecular complexity index is 1690. The molecule has 241 valence electrons. The van der Waals surface area contributed by atoms with Crippen LogP contribution in [0.3, 0.4) is 0 Å². The Balaban J connectivity index is 0.000000338. The topological polar surface area (TPSA) is 50.2 Å². The third-order valence-corrected chi connectivity index (χ3v) is 8.32. The van der Waals surface area contributed by atoms with E-state index in [2.05, 4.69) is 102 Å². The van der Waals surface area contributed by atoms with E-state index in [9.17, 15) is 9.90 Å². The summed E-state index contributed by atoms with van der Waals surface area (Å²) in [5.74, 6) is 1.56. The van der Waals surface area contributed by atoms with Crippen molar-refractivity contribution in [1.82, 2.24) is 4.98 Å².